The van der Waals surface area contributed by atoms with Crippen LogP contribution in [0.25, 0.3) is 0 Å². The van der Waals surface area contributed by atoms with Crippen LogP contribution in [0.2, 0.25) is 0 Å². The number of aryl methyl sites for hydroxylation is 1. The highest BCUT2D eigenvalue weighted by atomic mass is 16.6. The van der Waals surface area contributed by atoms with Crippen LogP contribution in [-0.2, 0) is 9.47 Å². The molecule has 2 fully saturated rings. The van der Waals surface area contributed by atoms with Crippen LogP contribution in [0.15, 0.2) is 18.5 Å². The molecule has 25 heavy (non-hydrogen) atoms. The second-order valence-electron chi connectivity index (χ2n) is 7.96. The van der Waals surface area contributed by atoms with Gasteiger partial charge in [0.05, 0.1) is 25.3 Å². The van der Waals surface area contributed by atoms with Gasteiger partial charge in [0.25, 0.3) is 0 Å². The van der Waals surface area contributed by atoms with Gasteiger partial charge in [-0.3, -0.25) is 14.7 Å². The molecular formula is C19H26N2O4. The number of ketones is 1. The van der Waals surface area contributed by atoms with E-state index in [2.05, 4.69) is 4.98 Å². The summed E-state index contributed by atoms with van der Waals surface area (Å²) in [5.74, 6) is 0.00632. The lowest BCUT2D eigenvalue weighted by molar-refractivity contribution is -0.0861. The van der Waals surface area contributed by atoms with Gasteiger partial charge in [-0.2, -0.15) is 0 Å². The summed E-state index contributed by atoms with van der Waals surface area (Å²) in [6.07, 6.45) is 4.23. The molecule has 2 unspecified atom stereocenters. The van der Waals surface area contributed by atoms with Crippen molar-refractivity contribution in [3.8, 4) is 0 Å². The Morgan fingerprint density at radius 2 is 1.88 bits per heavy atom. The van der Waals surface area contributed by atoms with Gasteiger partial charge in [-0.1, -0.05) is 0 Å². The van der Waals surface area contributed by atoms with Crippen LogP contribution in [-0.4, -0.2) is 52.7 Å². The van der Waals surface area contributed by atoms with Gasteiger partial charge in [0.15, 0.2) is 5.78 Å². The molecule has 1 aromatic rings. The topological polar surface area (TPSA) is 68.7 Å². The van der Waals surface area contributed by atoms with E-state index in [0.29, 0.717) is 31.6 Å². The number of pyridine rings is 1. The van der Waals surface area contributed by atoms with Crippen LogP contribution in [0.4, 0.5) is 4.79 Å². The summed E-state index contributed by atoms with van der Waals surface area (Å²) < 4.78 is 11.2. The van der Waals surface area contributed by atoms with Crippen molar-refractivity contribution >= 4 is 11.9 Å². The SMILES string of the molecule is Cc1ccncc1C(=O)C1CC2COCC(C1)N2C(=O)OC(C)(C)C. The lowest BCUT2D eigenvalue weighted by Crippen LogP contribution is -2.60. The van der Waals surface area contributed by atoms with E-state index in [9.17, 15) is 9.59 Å². The Kier molecular flexibility index (Phi) is 4.82. The number of morpholine rings is 1. The Bertz CT molecular complexity index is 654. The quantitative estimate of drug-likeness (QED) is 0.770. The number of hydrogen-bond acceptors (Lipinski definition) is 5. The van der Waals surface area contributed by atoms with Crippen LogP contribution < -0.4 is 0 Å². The van der Waals surface area contributed by atoms with Crippen LogP contribution in [0.3, 0.4) is 0 Å². The van der Waals surface area contributed by atoms with Crippen LogP contribution >= 0.6 is 0 Å². The van der Waals surface area contributed by atoms with Gasteiger partial charge in [-0.25, -0.2) is 4.79 Å². The van der Waals surface area contributed by atoms with E-state index in [1.807, 2.05) is 33.8 Å². The molecule has 2 bridgehead atoms. The van der Waals surface area contributed by atoms with Crippen molar-refractivity contribution in [3.05, 3.63) is 29.6 Å². The first-order valence-electron chi connectivity index (χ1n) is 8.80. The zero-order chi connectivity index (χ0) is 18.2. The lowest BCUT2D eigenvalue weighted by Gasteiger charge is -2.47. The minimum Gasteiger partial charge on any atom is -0.444 e. The number of carbonyl (C=O) groups excluding carboxylic acids is 2. The van der Waals surface area contributed by atoms with E-state index in [1.54, 1.807) is 17.3 Å². The average Bonchev–Trinajstić information content (AvgIpc) is 2.51. The lowest BCUT2D eigenvalue weighted by atomic mass is 9.80. The summed E-state index contributed by atoms with van der Waals surface area (Å²) in [4.78, 5) is 31.4. The van der Waals surface area contributed by atoms with E-state index in [4.69, 9.17) is 9.47 Å². The standard InChI is InChI=1S/C19H26N2O4/c1-12-5-6-20-9-16(12)17(22)13-7-14-10-24-11-15(8-13)21(14)18(23)25-19(2,3)4/h5-6,9,13-15H,7-8,10-11H2,1-4H3. The molecule has 136 valence electrons. The molecule has 0 aliphatic carbocycles. The Hall–Kier alpha value is -1.95. The van der Waals surface area contributed by atoms with E-state index in [0.717, 1.165) is 5.56 Å². The average molecular weight is 346 g/mol. The molecule has 3 heterocycles. The summed E-state index contributed by atoms with van der Waals surface area (Å²) in [5.41, 5.74) is 1.08. The summed E-state index contributed by atoms with van der Waals surface area (Å²) in [7, 11) is 0. The van der Waals surface area contributed by atoms with Crippen molar-refractivity contribution in [2.45, 2.75) is 58.2 Å². The zero-order valence-corrected chi connectivity index (χ0v) is 15.3. The van der Waals surface area contributed by atoms with Crippen molar-refractivity contribution in [2.75, 3.05) is 13.2 Å². The van der Waals surface area contributed by atoms with Crippen molar-refractivity contribution in [3.63, 3.8) is 0 Å². The van der Waals surface area contributed by atoms with E-state index >= 15 is 0 Å². The molecule has 6 nitrogen and oxygen atoms in total. The minimum atomic E-state index is -0.536. The Labute approximate surface area is 148 Å². The Morgan fingerprint density at radius 3 is 2.44 bits per heavy atom. The number of Topliss-reactive ketones (excluding diaryl/α,β-unsaturated/α-hetero) is 1. The number of nitrogens with zero attached hydrogens (tertiary/aromatic N) is 2. The number of carbonyl (C=O) groups is 2. The summed E-state index contributed by atoms with van der Waals surface area (Å²) in [5, 5.41) is 0. The van der Waals surface area contributed by atoms with Gasteiger partial charge in [0, 0.05) is 23.9 Å². The molecule has 1 aromatic heterocycles. The number of amides is 1. The molecule has 2 atom stereocenters. The normalized spacial score (nSPS) is 26.2. The summed E-state index contributed by atoms with van der Waals surface area (Å²) >= 11 is 0. The molecule has 3 rings (SSSR count). The van der Waals surface area contributed by atoms with Gasteiger partial charge < -0.3 is 9.47 Å². The van der Waals surface area contributed by atoms with Crippen LogP contribution in [0, 0.1) is 12.8 Å². The predicted octanol–water partition coefficient (Wildman–Crippen LogP) is 2.99. The van der Waals surface area contributed by atoms with Crippen LogP contribution in [0.1, 0.15) is 49.5 Å². The largest absolute Gasteiger partial charge is 0.444 e. The third kappa shape index (κ3) is 3.84. The smallest absolute Gasteiger partial charge is 0.410 e. The number of ether oxygens (including phenoxy) is 2. The molecule has 2 aliphatic rings. The van der Waals surface area contributed by atoms with Crippen molar-refractivity contribution in [1.82, 2.24) is 9.88 Å². The predicted molar refractivity (Wildman–Crippen MR) is 92.5 cm³/mol. The number of hydrogen-bond donors (Lipinski definition) is 0. The number of aromatic nitrogens is 1. The van der Waals surface area contributed by atoms with Gasteiger partial charge in [-0.05, 0) is 52.2 Å². The molecule has 2 aliphatic heterocycles. The molecule has 0 radical (unpaired) electrons. The fourth-order valence-corrected chi connectivity index (χ4v) is 3.68. The molecule has 0 aromatic carbocycles. The maximum atomic E-state index is 12.9. The molecule has 2 saturated heterocycles. The first kappa shape index (κ1) is 17.9. The maximum Gasteiger partial charge on any atom is 0.410 e. The first-order valence-corrected chi connectivity index (χ1v) is 8.80. The second kappa shape index (κ2) is 6.75. The molecule has 0 N–H and O–H groups in total. The fraction of sp³-hybridized carbons (Fsp3) is 0.632. The molecule has 0 saturated carbocycles. The van der Waals surface area contributed by atoms with E-state index in [1.165, 1.54) is 0 Å². The van der Waals surface area contributed by atoms with Gasteiger partial charge >= 0.3 is 6.09 Å². The molecule has 1 amide bonds. The van der Waals surface area contributed by atoms with Crippen LogP contribution in [0.5, 0.6) is 0 Å². The van der Waals surface area contributed by atoms with Crippen molar-refractivity contribution in [2.24, 2.45) is 5.92 Å². The highest BCUT2D eigenvalue weighted by molar-refractivity contribution is 5.99. The molecule has 0 spiro atoms. The number of fused-ring (bicyclic) bond motifs is 2. The van der Waals surface area contributed by atoms with Gasteiger partial charge in [0.2, 0.25) is 0 Å². The Morgan fingerprint density at radius 1 is 1.24 bits per heavy atom. The van der Waals surface area contributed by atoms with Crippen molar-refractivity contribution < 1.29 is 19.1 Å². The highest BCUT2D eigenvalue weighted by Crippen LogP contribution is 2.34. The monoisotopic (exact) mass is 346 g/mol. The molecule has 6 heteroatoms. The third-order valence-corrected chi connectivity index (χ3v) is 4.80. The first-order chi connectivity index (χ1) is 11.8. The third-order valence-electron chi connectivity index (χ3n) is 4.80. The maximum absolute atomic E-state index is 12.9. The Balaban J connectivity index is 1.76. The minimum absolute atomic E-state index is 0.111. The van der Waals surface area contributed by atoms with E-state index < -0.39 is 5.60 Å². The highest BCUT2D eigenvalue weighted by Gasteiger charge is 2.45. The number of piperidine rings is 1. The fourth-order valence-electron chi connectivity index (χ4n) is 3.68. The van der Waals surface area contributed by atoms with E-state index in [-0.39, 0.29) is 29.9 Å². The van der Waals surface area contributed by atoms with Crippen molar-refractivity contribution in [1.29, 1.82) is 0 Å². The molecular weight excluding hydrogens is 320 g/mol. The van der Waals surface area contributed by atoms with Gasteiger partial charge in [0.1, 0.15) is 5.60 Å². The van der Waals surface area contributed by atoms with Gasteiger partial charge in [-0.15, -0.1) is 0 Å². The zero-order valence-electron chi connectivity index (χ0n) is 15.3. The summed E-state index contributed by atoms with van der Waals surface area (Å²) in [6.45, 7) is 8.40. The summed E-state index contributed by atoms with van der Waals surface area (Å²) in [6, 6.07) is 1.62. The number of rotatable bonds is 2. The second-order valence-corrected chi connectivity index (χ2v) is 7.96.